The highest BCUT2D eigenvalue weighted by Gasteiger charge is 2.20. The summed E-state index contributed by atoms with van der Waals surface area (Å²) >= 11 is 0. The lowest BCUT2D eigenvalue weighted by Crippen LogP contribution is -2.18. The minimum Gasteiger partial charge on any atom is -0.463 e. The highest BCUT2D eigenvalue weighted by atomic mass is 16.3. The molecule has 0 spiro atoms. The zero-order valence-electron chi connectivity index (χ0n) is 16.3. The second kappa shape index (κ2) is 8.08. The van der Waals surface area contributed by atoms with E-state index in [4.69, 9.17) is 10.2 Å². The summed E-state index contributed by atoms with van der Waals surface area (Å²) in [6.07, 6.45) is 3.28. The minimum atomic E-state index is -0.373. The van der Waals surface area contributed by atoms with Crippen LogP contribution in [0.4, 0.5) is 11.5 Å². The molecule has 1 amide bonds. The molecule has 7 heteroatoms. The summed E-state index contributed by atoms with van der Waals surface area (Å²) in [6.45, 7) is 2.41. The smallest absolute Gasteiger partial charge is 0.259 e. The van der Waals surface area contributed by atoms with Crippen molar-refractivity contribution in [2.45, 2.75) is 13.5 Å². The van der Waals surface area contributed by atoms with Crippen molar-refractivity contribution >= 4 is 17.4 Å². The van der Waals surface area contributed by atoms with E-state index < -0.39 is 0 Å². The molecule has 4 rings (SSSR count). The lowest BCUT2D eigenvalue weighted by molar-refractivity contribution is 0.102. The van der Waals surface area contributed by atoms with Crippen molar-refractivity contribution in [1.82, 2.24) is 9.55 Å². The number of pyridine rings is 2. The van der Waals surface area contributed by atoms with Gasteiger partial charge in [0, 0.05) is 35.6 Å². The molecule has 0 unspecified atom stereocenters. The Morgan fingerprint density at radius 2 is 1.93 bits per heavy atom. The Bertz CT molecular complexity index is 1250. The standard InChI is InChI=1S/C23H20N4O3/c1-2-27-14-15(10-11-20(27)28)17-13-18(23(29)25-16-7-4-3-5-8-16)22(24)26-21(17)19-9-6-12-30-19/h3-14H,2H2,1H3,(H2,24,26)(H,25,29). The number of benzene rings is 1. The predicted octanol–water partition coefficient (Wildman–Crippen LogP) is 4.02. The van der Waals surface area contributed by atoms with E-state index in [-0.39, 0.29) is 22.8 Å². The van der Waals surface area contributed by atoms with Crippen molar-refractivity contribution in [2.24, 2.45) is 0 Å². The summed E-state index contributed by atoms with van der Waals surface area (Å²) in [7, 11) is 0. The van der Waals surface area contributed by atoms with Crippen LogP contribution in [0.5, 0.6) is 0 Å². The number of para-hydroxylation sites is 1. The summed E-state index contributed by atoms with van der Waals surface area (Å²) in [5.74, 6) is 0.227. The largest absolute Gasteiger partial charge is 0.463 e. The van der Waals surface area contributed by atoms with Gasteiger partial charge >= 0.3 is 0 Å². The van der Waals surface area contributed by atoms with Crippen LogP contribution in [0.15, 0.2) is 82.3 Å². The number of carbonyl (C=O) groups is 1. The van der Waals surface area contributed by atoms with E-state index in [9.17, 15) is 9.59 Å². The Balaban J connectivity index is 1.85. The summed E-state index contributed by atoms with van der Waals surface area (Å²) in [6, 6.07) is 17.5. The second-order valence-corrected chi connectivity index (χ2v) is 6.66. The van der Waals surface area contributed by atoms with Crippen LogP contribution < -0.4 is 16.6 Å². The average Bonchev–Trinajstić information content (AvgIpc) is 3.29. The molecular weight excluding hydrogens is 380 g/mol. The maximum atomic E-state index is 12.9. The van der Waals surface area contributed by atoms with Crippen molar-refractivity contribution in [3.05, 3.63) is 89.0 Å². The predicted molar refractivity (Wildman–Crippen MR) is 116 cm³/mol. The molecule has 0 radical (unpaired) electrons. The maximum absolute atomic E-state index is 12.9. The number of nitrogen functional groups attached to an aromatic ring is 1. The van der Waals surface area contributed by atoms with Crippen molar-refractivity contribution in [1.29, 1.82) is 0 Å². The van der Waals surface area contributed by atoms with E-state index in [0.717, 1.165) is 5.56 Å². The van der Waals surface area contributed by atoms with Crippen molar-refractivity contribution in [2.75, 3.05) is 11.1 Å². The Morgan fingerprint density at radius 3 is 2.63 bits per heavy atom. The van der Waals surface area contributed by atoms with Gasteiger partial charge in [-0.2, -0.15) is 0 Å². The molecule has 0 aliphatic carbocycles. The number of rotatable bonds is 5. The van der Waals surface area contributed by atoms with E-state index in [2.05, 4.69) is 10.3 Å². The van der Waals surface area contributed by atoms with Gasteiger partial charge in [-0.3, -0.25) is 9.59 Å². The quantitative estimate of drug-likeness (QED) is 0.527. The van der Waals surface area contributed by atoms with Crippen LogP contribution in [0.1, 0.15) is 17.3 Å². The van der Waals surface area contributed by atoms with Gasteiger partial charge in [0.25, 0.3) is 11.5 Å². The van der Waals surface area contributed by atoms with Gasteiger partial charge in [-0.05, 0) is 43.3 Å². The van der Waals surface area contributed by atoms with Gasteiger partial charge < -0.3 is 20.0 Å². The van der Waals surface area contributed by atoms with Crippen LogP contribution in [-0.2, 0) is 6.54 Å². The first-order chi connectivity index (χ1) is 14.6. The van der Waals surface area contributed by atoms with Gasteiger partial charge in [-0.15, -0.1) is 0 Å². The molecule has 4 aromatic rings. The summed E-state index contributed by atoms with van der Waals surface area (Å²) in [4.78, 5) is 29.4. The number of hydrogen-bond acceptors (Lipinski definition) is 5. The third kappa shape index (κ3) is 3.73. The number of furan rings is 1. The summed E-state index contributed by atoms with van der Waals surface area (Å²) in [5.41, 5.74) is 8.78. The average molecular weight is 400 g/mol. The van der Waals surface area contributed by atoms with E-state index in [1.165, 1.54) is 6.07 Å². The van der Waals surface area contributed by atoms with Gasteiger partial charge in [0.05, 0.1) is 11.8 Å². The molecule has 3 N–H and O–H groups in total. The third-order valence-corrected chi connectivity index (χ3v) is 4.72. The Kier molecular flexibility index (Phi) is 5.17. The number of nitrogens with zero attached hydrogens (tertiary/aromatic N) is 2. The fraction of sp³-hybridized carbons (Fsp3) is 0.0870. The molecule has 0 atom stereocenters. The summed E-state index contributed by atoms with van der Waals surface area (Å²) in [5, 5.41) is 2.83. The number of amides is 1. The highest BCUT2D eigenvalue weighted by Crippen LogP contribution is 2.33. The fourth-order valence-electron chi connectivity index (χ4n) is 3.19. The fourth-order valence-corrected chi connectivity index (χ4v) is 3.19. The molecule has 150 valence electrons. The maximum Gasteiger partial charge on any atom is 0.259 e. The summed E-state index contributed by atoms with van der Waals surface area (Å²) < 4.78 is 7.11. The third-order valence-electron chi connectivity index (χ3n) is 4.72. The highest BCUT2D eigenvalue weighted by molar-refractivity contribution is 6.08. The van der Waals surface area contributed by atoms with Crippen LogP contribution in [0.3, 0.4) is 0 Å². The number of hydrogen-bond donors (Lipinski definition) is 2. The molecule has 0 saturated carbocycles. The van der Waals surface area contributed by atoms with Crippen LogP contribution in [0, 0.1) is 0 Å². The minimum absolute atomic E-state index is 0.0856. The molecule has 0 bridgehead atoms. The number of aryl methyl sites for hydroxylation is 1. The SMILES string of the molecule is CCn1cc(-c2cc(C(=O)Nc3ccccc3)c(N)nc2-c2ccco2)ccc1=O. The number of nitrogens with one attached hydrogen (secondary N) is 1. The van der Waals surface area contributed by atoms with Crippen molar-refractivity contribution < 1.29 is 9.21 Å². The number of carbonyl (C=O) groups excluding carboxylic acids is 1. The number of aromatic nitrogens is 2. The zero-order valence-corrected chi connectivity index (χ0v) is 16.3. The zero-order chi connectivity index (χ0) is 21.1. The Hall–Kier alpha value is -4.13. The Morgan fingerprint density at radius 1 is 1.13 bits per heavy atom. The molecule has 0 aliphatic heterocycles. The van der Waals surface area contributed by atoms with Gasteiger partial charge in [0.15, 0.2) is 5.76 Å². The van der Waals surface area contributed by atoms with Crippen LogP contribution in [0.2, 0.25) is 0 Å². The second-order valence-electron chi connectivity index (χ2n) is 6.66. The molecule has 7 nitrogen and oxygen atoms in total. The first-order valence-electron chi connectivity index (χ1n) is 9.48. The first kappa shape index (κ1) is 19.2. The van der Waals surface area contributed by atoms with Gasteiger partial charge in [-0.1, -0.05) is 18.2 Å². The Labute approximate surface area is 172 Å². The van der Waals surface area contributed by atoms with Crippen molar-refractivity contribution in [3.8, 4) is 22.6 Å². The van der Waals surface area contributed by atoms with E-state index in [0.29, 0.717) is 29.2 Å². The number of anilines is 2. The van der Waals surface area contributed by atoms with E-state index in [1.807, 2.05) is 25.1 Å². The molecular formula is C23H20N4O3. The van der Waals surface area contributed by atoms with E-state index in [1.54, 1.807) is 53.4 Å². The molecule has 30 heavy (non-hydrogen) atoms. The number of nitrogens with two attached hydrogens (primary N) is 1. The molecule has 0 aliphatic rings. The van der Waals surface area contributed by atoms with Gasteiger partial charge in [0.2, 0.25) is 0 Å². The molecule has 0 fully saturated rings. The van der Waals surface area contributed by atoms with Crippen molar-refractivity contribution in [3.63, 3.8) is 0 Å². The molecule has 1 aromatic carbocycles. The normalized spacial score (nSPS) is 10.7. The van der Waals surface area contributed by atoms with Gasteiger partial charge in [0.1, 0.15) is 11.5 Å². The molecule has 0 saturated heterocycles. The monoisotopic (exact) mass is 400 g/mol. The molecule has 3 heterocycles. The van der Waals surface area contributed by atoms with Gasteiger partial charge in [-0.25, -0.2) is 4.98 Å². The topological polar surface area (TPSA) is 103 Å². The lowest BCUT2D eigenvalue weighted by atomic mass is 10.0. The van der Waals surface area contributed by atoms with Crippen LogP contribution >= 0.6 is 0 Å². The van der Waals surface area contributed by atoms with Crippen LogP contribution in [-0.4, -0.2) is 15.5 Å². The molecule has 3 aromatic heterocycles. The van der Waals surface area contributed by atoms with Crippen LogP contribution in [0.25, 0.3) is 22.6 Å². The first-order valence-corrected chi connectivity index (χ1v) is 9.48. The lowest BCUT2D eigenvalue weighted by Gasteiger charge is -2.14. The van der Waals surface area contributed by atoms with E-state index >= 15 is 0 Å².